The molecule has 1 unspecified atom stereocenters. The van der Waals surface area contributed by atoms with Gasteiger partial charge in [-0.25, -0.2) is 4.79 Å². The number of aromatic carboxylic acids is 1. The van der Waals surface area contributed by atoms with E-state index in [1.165, 1.54) is 0 Å². The molecule has 1 atom stereocenters. The number of carbonyl (C=O) groups is 5. The summed E-state index contributed by atoms with van der Waals surface area (Å²) in [5.41, 5.74) is 3.50. The number of amides is 4. The lowest BCUT2D eigenvalue weighted by Crippen LogP contribution is -2.54. The van der Waals surface area contributed by atoms with Gasteiger partial charge in [0.1, 0.15) is 6.04 Å². The van der Waals surface area contributed by atoms with Crippen molar-refractivity contribution in [3.8, 4) is 0 Å². The molecule has 1 saturated heterocycles. The molecule has 9 nitrogen and oxygen atoms in total. The number of nitrogens with one attached hydrogen (secondary N) is 1. The minimum atomic E-state index is -0.992. The van der Waals surface area contributed by atoms with Crippen LogP contribution in [0.1, 0.15) is 55.0 Å². The van der Waals surface area contributed by atoms with E-state index in [-0.39, 0.29) is 29.5 Å². The fourth-order valence-electron chi connectivity index (χ4n) is 4.56. The predicted molar refractivity (Wildman–Crippen MR) is 111 cm³/mol. The topological polar surface area (TPSA) is 124 Å². The molecule has 32 heavy (non-hydrogen) atoms. The van der Waals surface area contributed by atoms with Gasteiger partial charge < -0.3 is 10.0 Å². The van der Waals surface area contributed by atoms with Gasteiger partial charge in [-0.2, -0.15) is 0 Å². The molecule has 0 spiro atoms. The highest BCUT2D eigenvalue weighted by molar-refractivity contribution is 6.23. The first-order chi connectivity index (χ1) is 15.3. The molecular weight excluding hydrogens is 414 g/mol. The van der Waals surface area contributed by atoms with Crippen molar-refractivity contribution in [2.24, 2.45) is 0 Å². The summed E-state index contributed by atoms with van der Waals surface area (Å²) < 4.78 is 0. The molecule has 0 saturated carbocycles. The number of piperidine rings is 1. The molecule has 3 heterocycles. The van der Waals surface area contributed by atoms with Gasteiger partial charge in [0.25, 0.3) is 11.8 Å². The molecule has 1 fully saturated rings. The number of anilines is 1. The molecule has 2 N–H and O–H groups in total. The Hall–Kier alpha value is -4.01. The minimum absolute atomic E-state index is 0.0752. The SMILES string of the molecule is O=C1CCC(N2C(=O)c3ccc(N4CCc5cc(C(=O)O)ccc5C4)cc3C2=O)C(=O)N1. The van der Waals surface area contributed by atoms with Crippen molar-refractivity contribution in [1.82, 2.24) is 10.2 Å². The second-order valence-corrected chi connectivity index (χ2v) is 8.14. The molecule has 4 amide bonds. The molecule has 0 aromatic heterocycles. The average molecular weight is 433 g/mol. The van der Waals surface area contributed by atoms with Crippen LogP contribution in [0.4, 0.5) is 5.69 Å². The van der Waals surface area contributed by atoms with E-state index in [2.05, 4.69) is 10.2 Å². The zero-order chi connectivity index (χ0) is 22.6. The van der Waals surface area contributed by atoms with Crippen molar-refractivity contribution in [3.63, 3.8) is 0 Å². The number of carboxylic acid groups (broad SMARTS) is 1. The maximum Gasteiger partial charge on any atom is 0.335 e. The second kappa shape index (κ2) is 7.30. The monoisotopic (exact) mass is 433 g/mol. The third kappa shape index (κ3) is 3.13. The number of hydrogen-bond acceptors (Lipinski definition) is 6. The van der Waals surface area contributed by atoms with Crippen LogP contribution in [-0.2, 0) is 22.6 Å². The molecule has 3 aliphatic heterocycles. The van der Waals surface area contributed by atoms with Crippen molar-refractivity contribution >= 4 is 35.3 Å². The van der Waals surface area contributed by atoms with Crippen molar-refractivity contribution in [3.05, 3.63) is 64.2 Å². The van der Waals surface area contributed by atoms with Gasteiger partial charge in [-0.15, -0.1) is 0 Å². The summed E-state index contributed by atoms with van der Waals surface area (Å²) in [6.07, 6.45) is 0.846. The summed E-state index contributed by atoms with van der Waals surface area (Å²) in [4.78, 5) is 63.7. The zero-order valence-electron chi connectivity index (χ0n) is 17.0. The summed E-state index contributed by atoms with van der Waals surface area (Å²) in [6.45, 7) is 1.18. The smallest absolute Gasteiger partial charge is 0.335 e. The lowest BCUT2D eigenvalue weighted by Gasteiger charge is -2.31. The molecule has 9 heteroatoms. The summed E-state index contributed by atoms with van der Waals surface area (Å²) in [5, 5.41) is 11.4. The normalized spacial score (nSPS) is 20.2. The van der Waals surface area contributed by atoms with Crippen molar-refractivity contribution < 1.29 is 29.1 Å². The standard InChI is InChI=1S/C23H19N3O6/c27-19-6-5-18(20(28)24-19)26-21(29)16-4-3-15(10-17(16)22(26)30)25-8-7-12-9-13(23(31)32)1-2-14(12)11-25/h1-4,9-10,18H,5-8,11H2,(H,31,32)(H,24,27,28). The molecule has 2 aromatic carbocycles. The molecular formula is C23H19N3O6. The van der Waals surface area contributed by atoms with Crippen LogP contribution < -0.4 is 10.2 Å². The number of rotatable bonds is 3. The Morgan fingerprint density at radius 3 is 2.47 bits per heavy atom. The van der Waals surface area contributed by atoms with Crippen LogP contribution in [0.15, 0.2) is 36.4 Å². The number of benzene rings is 2. The average Bonchev–Trinajstić information content (AvgIpc) is 3.03. The Labute approximate surface area is 182 Å². The fraction of sp³-hybridized carbons (Fsp3) is 0.261. The van der Waals surface area contributed by atoms with Gasteiger partial charge in [0, 0.05) is 25.2 Å². The highest BCUT2D eigenvalue weighted by Crippen LogP contribution is 2.32. The van der Waals surface area contributed by atoms with Crippen LogP contribution in [0.3, 0.4) is 0 Å². The van der Waals surface area contributed by atoms with E-state index >= 15 is 0 Å². The first-order valence-corrected chi connectivity index (χ1v) is 10.3. The number of hydrogen-bond donors (Lipinski definition) is 2. The summed E-state index contributed by atoms with van der Waals surface area (Å²) in [7, 11) is 0. The first kappa shape index (κ1) is 19.9. The lowest BCUT2D eigenvalue weighted by atomic mass is 9.96. The van der Waals surface area contributed by atoms with E-state index in [0.717, 1.165) is 21.7 Å². The Bertz CT molecular complexity index is 1220. The Balaban J connectivity index is 1.40. The van der Waals surface area contributed by atoms with E-state index in [9.17, 15) is 29.1 Å². The van der Waals surface area contributed by atoms with Crippen LogP contribution in [0.25, 0.3) is 0 Å². The molecule has 0 bridgehead atoms. The first-order valence-electron chi connectivity index (χ1n) is 10.3. The summed E-state index contributed by atoms with van der Waals surface area (Å²) in [6, 6.07) is 9.11. The molecule has 162 valence electrons. The third-order valence-corrected chi connectivity index (χ3v) is 6.25. The Kier molecular flexibility index (Phi) is 4.54. The van der Waals surface area contributed by atoms with E-state index in [1.54, 1.807) is 36.4 Å². The van der Waals surface area contributed by atoms with Gasteiger partial charge >= 0.3 is 5.97 Å². The van der Waals surface area contributed by atoms with Crippen molar-refractivity contribution in [1.29, 1.82) is 0 Å². The molecule has 2 aromatic rings. The van der Waals surface area contributed by atoms with E-state index in [0.29, 0.717) is 19.5 Å². The number of carboxylic acids is 1. The largest absolute Gasteiger partial charge is 0.478 e. The molecule has 3 aliphatic rings. The van der Waals surface area contributed by atoms with Crippen LogP contribution >= 0.6 is 0 Å². The van der Waals surface area contributed by atoms with Crippen LogP contribution in [0.2, 0.25) is 0 Å². The zero-order valence-corrected chi connectivity index (χ0v) is 17.0. The van der Waals surface area contributed by atoms with Gasteiger partial charge in [0.2, 0.25) is 11.8 Å². The van der Waals surface area contributed by atoms with Gasteiger partial charge in [-0.1, -0.05) is 6.07 Å². The van der Waals surface area contributed by atoms with E-state index in [1.807, 2.05) is 0 Å². The van der Waals surface area contributed by atoms with Crippen LogP contribution in [0, 0.1) is 0 Å². The molecule has 5 rings (SSSR count). The highest BCUT2D eigenvalue weighted by Gasteiger charge is 2.44. The van der Waals surface area contributed by atoms with Gasteiger partial charge in [-0.05, 0) is 54.3 Å². The predicted octanol–water partition coefficient (Wildman–Crippen LogP) is 1.35. The van der Waals surface area contributed by atoms with E-state index < -0.39 is 35.6 Å². The number of carbonyl (C=O) groups excluding carboxylic acids is 4. The lowest BCUT2D eigenvalue weighted by molar-refractivity contribution is -0.136. The Morgan fingerprint density at radius 1 is 0.938 bits per heavy atom. The summed E-state index contributed by atoms with van der Waals surface area (Å²) in [5.74, 6) is -3.07. The number of imide groups is 2. The Morgan fingerprint density at radius 2 is 1.72 bits per heavy atom. The molecule has 0 aliphatic carbocycles. The van der Waals surface area contributed by atoms with E-state index in [4.69, 9.17) is 0 Å². The molecule has 0 radical (unpaired) electrons. The quantitative estimate of drug-likeness (QED) is 0.700. The van der Waals surface area contributed by atoms with Crippen molar-refractivity contribution in [2.75, 3.05) is 11.4 Å². The third-order valence-electron chi connectivity index (χ3n) is 6.25. The maximum absolute atomic E-state index is 13.0. The number of nitrogens with zero attached hydrogens (tertiary/aromatic N) is 2. The van der Waals surface area contributed by atoms with Crippen LogP contribution in [-0.4, -0.2) is 52.2 Å². The van der Waals surface area contributed by atoms with Gasteiger partial charge in [0.05, 0.1) is 16.7 Å². The highest BCUT2D eigenvalue weighted by atomic mass is 16.4. The number of fused-ring (bicyclic) bond motifs is 2. The fourth-order valence-corrected chi connectivity index (χ4v) is 4.56. The minimum Gasteiger partial charge on any atom is -0.478 e. The second-order valence-electron chi connectivity index (χ2n) is 8.14. The van der Waals surface area contributed by atoms with Crippen LogP contribution in [0.5, 0.6) is 0 Å². The van der Waals surface area contributed by atoms with Gasteiger partial charge in [-0.3, -0.25) is 29.4 Å². The summed E-state index contributed by atoms with van der Waals surface area (Å²) >= 11 is 0. The van der Waals surface area contributed by atoms with Crippen molar-refractivity contribution in [2.45, 2.75) is 31.8 Å². The van der Waals surface area contributed by atoms with Gasteiger partial charge in [0.15, 0.2) is 0 Å². The maximum atomic E-state index is 13.0.